The molecule has 0 spiro atoms. The summed E-state index contributed by atoms with van der Waals surface area (Å²) in [6, 6.07) is 4.95. The molecule has 0 bridgehead atoms. The lowest BCUT2D eigenvalue weighted by Gasteiger charge is -2.26. The monoisotopic (exact) mass is 327 g/mol. The number of aromatic nitrogens is 5. The van der Waals surface area contributed by atoms with Gasteiger partial charge in [0.1, 0.15) is 0 Å². The zero-order chi connectivity index (χ0) is 16.8. The van der Waals surface area contributed by atoms with E-state index in [1.54, 1.807) is 34.8 Å². The molecule has 0 atom stereocenters. The van der Waals surface area contributed by atoms with Crippen LogP contribution in [0.4, 0.5) is 11.6 Å². The van der Waals surface area contributed by atoms with E-state index in [-0.39, 0.29) is 12.5 Å². The van der Waals surface area contributed by atoms with Gasteiger partial charge in [-0.05, 0) is 29.5 Å². The molecule has 3 heterocycles. The third kappa shape index (κ3) is 2.16. The van der Waals surface area contributed by atoms with Crippen molar-refractivity contribution in [2.45, 2.75) is 13.5 Å². The Bertz CT molecular complexity index is 1040. The van der Waals surface area contributed by atoms with E-state index in [2.05, 4.69) is 25.8 Å². The van der Waals surface area contributed by atoms with E-state index in [1.165, 1.54) is 0 Å². The Kier molecular flexibility index (Phi) is 2.98. The van der Waals surface area contributed by atoms with E-state index in [0.717, 1.165) is 5.70 Å². The highest BCUT2D eigenvalue weighted by molar-refractivity contribution is 6.05. The molecule has 1 aliphatic rings. The number of amides is 1. The first kappa shape index (κ1) is 14.2. The summed E-state index contributed by atoms with van der Waals surface area (Å²) in [7, 11) is 1.80. The minimum atomic E-state index is -0.535. The lowest BCUT2D eigenvalue weighted by atomic mass is 10.1. The Balaban J connectivity index is 1.63. The van der Waals surface area contributed by atoms with Crippen LogP contribution in [-0.2, 0) is 11.3 Å². The van der Waals surface area contributed by atoms with E-state index in [1.807, 2.05) is 6.92 Å². The molecular formula is C14H13N7O3. The lowest BCUT2D eigenvalue weighted by molar-refractivity contribution is -0.113. The zero-order valence-corrected chi connectivity index (χ0v) is 12.9. The van der Waals surface area contributed by atoms with Gasteiger partial charge in [-0.1, -0.05) is 5.10 Å². The first-order chi connectivity index (χ1) is 11.5. The van der Waals surface area contributed by atoms with E-state index in [0.29, 0.717) is 28.3 Å². The molecule has 2 aromatic heterocycles. The predicted octanol–water partition coefficient (Wildman–Crippen LogP) is 0.470. The van der Waals surface area contributed by atoms with Crippen molar-refractivity contribution in [3.8, 4) is 0 Å². The maximum atomic E-state index is 12.6. The highest BCUT2D eigenvalue weighted by Crippen LogP contribution is 2.24. The van der Waals surface area contributed by atoms with Gasteiger partial charge in [0, 0.05) is 24.5 Å². The van der Waals surface area contributed by atoms with Gasteiger partial charge in [-0.3, -0.25) is 9.78 Å². The number of carbonyl (C=O) groups excluding carboxylic acids is 1. The van der Waals surface area contributed by atoms with Gasteiger partial charge in [0.2, 0.25) is 5.95 Å². The summed E-state index contributed by atoms with van der Waals surface area (Å²) in [5.74, 6) is -0.218. The van der Waals surface area contributed by atoms with E-state index >= 15 is 0 Å². The predicted molar refractivity (Wildman–Crippen MR) is 84.4 cm³/mol. The molecule has 0 saturated carbocycles. The quantitative estimate of drug-likeness (QED) is 0.701. The summed E-state index contributed by atoms with van der Waals surface area (Å²) < 4.78 is 6.55. The Hall–Kier alpha value is -3.43. The van der Waals surface area contributed by atoms with Gasteiger partial charge in [0.15, 0.2) is 5.58 Å². The molecule has 0 aliphatic carbocycles. The summed E-state index contributed by atoms with van der Waals surface area (Å²) in [6.07, 6.45) is 0. The second kappa shape index (κ2) is 5.05. The number of tetrazole rings is 1. The third-order valence-electron chi connectivity index (χ3n) is 4.01. The van der Waals surface area contributed by atoms with Crippen molar-refractivity contribution < 1.29 is 9.21 Å². The van der Waals surface area contributed by atoms with Gasteiger partial charge in [0.25, 0.3) is 5.91 Å². The number of nitrogens with one attached hydrogen (secondary N) is 2. The van der Waals surface area contributed by atoms with Gasteiger partial charge < -0.3 is 14.6 Å². The topological polar surface area (TPSA) is 122 Å². The van der Waals surface area contributed by atoms with Crippen molar-refractivity contribution in [1.82, 2.24) is 25.2 Å². The summed E-state index contributed by atoms with van der Waals surface area (Å²) in [5.41, 5.74) is 2.80. The molecule has 10 heteroatoms. The molecular weight excluding hydrogens is 314 g/mol. The minimum Gasteiger partial charge on any atom is -0.408 e. The number of oxazole rings is 1. The molecule has 0 fully saturated rings. The van der Waals surface area contributed by atoms with Gasteiger partial charge >= 0.3 is 5.76 Å². The number of rotatable bonds is 2. The maximum Gasteiger partial charge on any atom is 0.417 e. The standard InChI is InChI=1S/C14H13N7O3/c1-7-9(6-21-13(20(7)2)17-18-19-21)12(22)15-8-3-4-10-11(5-8)24-14(23)16-10/h3-5H,6H2,1-2H3,(H,15,22)(H,16,23). The summed E-state index contributed by atoms with van der Waals surface area (Å²) >= 11 is 0. The van der Waals surface area contributed by atoms with Crippen LogP contribution in [0.3, 0.4) is 0 Å². The van der Waals surface area contributed by atoms with Gasteiger partial charge in [-0.2, -0.15) is 0 Å². The third-order valence-corrected chi connectivity index (χ3v) is 4.01. The molecule has 0 radical (unpaired) electrons. The molecule has 24 heavy (non-hydrogen) atoms. The van der Waals surface area contributed by atoms with E-state index in [9.17, 15) is 9.59 Å². The molecule has 122 valence electrons. The Morgan fingerprint density at radius 1 is 1.42 bits per heavy atom. The van der Waals surface area contributed by atoms with Crippen LogP contribution >= 0.6 is 0 Å². The second-order valence-corrected chi connectivity index (χ2v) is 5.44. The van der Waals surface area contributed by atoms with E-state index in [4.69, 9.17) is 4.42 Å². The molecule has 1 amide bonds. The SMILES string of the molecule is CC1=C(C(=O)Nc2ccc3[nH]c(=O)oc3c2)Cn2nnnc2N1C. The van der Waals surface area contributed by atoms with Crippen molar-refractivity contribution in [1.29, 1.82) is 0 Å². The maximum absolute atomic E-state index is 12.6. The summed E-state index contributed by atoms with van der Waals surface area (Å²) in [4.78, 5) is 28.1. The molecule has 3 aromatic rings. The fraction of sp³-hybridized carbons (Fsp3) is 0.214. The zero-order valence-electron chi connectivity index (χ0n) is 12.9. The number of benzene rings is 1. The van der Waals surface area contributed by atoms with Crippen molar-refractivity contribution >= 4 is 28.6 Å². The second-order valence-electron chi connectivity index (χ2n) is 5.44. The van der Waals surface area contributed by atoms with Gasteiger partial charge in [-0.25, -0.2) is 9.48 Å². The van der Waals surface area contributed by atoms with Crippen LogP contribution in [0.5, 0.6) is 0 Å². The molecule has 0 unspecified atom stereocenters. The molecule has 10 nitrogen and oxygen atoms in total. The average Bonchev–Trinajstić information content (AvgIpc) is 3.15. The number of fused-ring (bicyclic) bond motifs is 2. The fourth-order valence-corrected chi connectivity index (χ4v) is 2.62. The van der Waals surface area contributed by atoms with Crippen LogP contribution in [0.25, 0.3) is 11.1 Å². The van der Waals surface area contributed by atoms with Crippen molar-refractivity contribution in [3.05, 3.63) is 40.0 Å². The van der Waals surface area contributed by atoms with Crippen molar-refractivity contribution in [2.24, 2.45) is 0 Å². The number of anilines is 2. The Morgan fingerprint density at radius 3 is 3.08 bits per heavy atom. The molecule has 1 aliphatic heterocycles. The van der Waals surface area contributed by atoms with Crippen LogP contribution in [0.2, 0.25) is 0 Å². The van der Waals surface area contributed by atoms with Gasteiger partial charge in [0.05, 0.1) is 17.6 Å². The number of nitrogens with zero attached hydrogens (tertiary/aromatic N) is 5. The number of aromatic amines is 1. The van der Waals surface area contributed by atoms with Crippen molar-refractivity contribution in [2.75, 3.05) is 17.3 Å². The van der Waals surface area contributed by atoms with Crippen molar-refractivity contribution in [3.63, 3.8) is 0 Å². The molecule has 2 N–H and O–H groups in total. The smallest absolute Gasteiger partial charge is 0.408 e. The first-order valence-electron chi connectivity index (χ1n) is 7.17. The van der Waals surface area contributed by atoms with Crippen LogP contribution < -0.4 is 16.0 Å². The number of allylic oxidation sites excluding steroid dienone is 1. The minimum absolute atomic E-state index is 0.266. The van der Waals surface area contributed by atoms with Crippen LogP contribution in [0, 0.1) is 0 Å². The largest absolute Gasteiger partial charge is 0.417 e. The Labute approximate surface area is 134 Å². The van der Waals surface area contributed by atoms with Crippen LogP contribution in [0.15, 0.2) is 38.7 Å². The number of H-pyrrole nitrogens is 1. The van der Waals surface area contributed by atoms with Crippen LogP contribution in [0.1, 0.15) is 6.92 Å². The normalized spacial score (nSPS) is 14.2. The summed E-state index contributed by atoms with van der Waals surface area (Å²) in [5, 5.41) is 14.2. The van der Waals surface area contributed by atoms with Crippen LogP contribution in [-0.4, -0.2) is 38.1 Å². The fourth-order valence-electron chi connectivity index (χ4n) is 2.62. The van der Waals surface area contributed by atoms with Gasteiger partial charge in [-0.15, -0.1) is 0 Å². The summed E-state index contributed by atoms with van der Waals surface area (Å²) in [6.45, 7) is 2.12. The highest BCUT2D eigenvalue weighted by Gasteiger charge is 2.26. The Morgan fingerprint density at radius 2 is 2.25 bits per heavy atom. The lowest BCUT2D eigenvalue weighted by Crippen LogP contribution is -2.32. The highest BCUT2D eigenvalue weighted by atomic mass is 16.4. The first-order valence-corrected chi connectivity index (χ1v) is 7.17. The molecule has 1 aromatic carbocycles. The number of hydrogen-bond acceptors (Lipinski definition) is 7. The molecule has 4 rings (SSSR count). The number of carbonyl (C=O) groups is 1. The average molecular weight is 327 g/mol. The molecule has 0 saturated heterocycles. The number of hydrogen-bond donors (Lipinski definition) is 2. The van der Waals surface area contributed by atoms with E-state index < -0.39 is 5.76 Å².